The maximum atomic E-state index is 12.2. The summed E-state index contributed by atoms with van der Waals surface area (Å²) < 4.78 is 2.55. The Labute approximate surface area is 192 Å². The number of carbonyl (C=O) groups excluding carboxylic acids is 1. The van der Waals surface area contributed by atoms with Crippen molar-refractivity contribution < 1.29 is 9.90 Å². The molecule has 0 aliphatic rings. The molecule has 0 unspecified atom stereocenters. The molecule has 1 aromatic heterocycles. The molecular weight excluding hydrogens is 478 g/mol. The minimum absolute atomic E-state index is 0.0633. The van der Waals surface area contributed by atoms with E-state index in [1.807, 2.05) is 60.7 Å². The van der Waals surface area contributed by atoms with Crippen LogP contribution in [0.2, 0.25) is 5.02 Å². The van der Waals surface area contributed by atoms with E-state index in [1.165, 1.54) is 6.08 Å². The van der Waals surface area contributed by atoms with E-state index in [4.69, 9.17) is 11.6 Å². The average molecular weight is 495 g/mol. The van der Waals surface area contributed by atoms with Gasteiger partial charge in [-0.2, -0.15) is 0 Å². The predicted octanol–water partition coefficient (Wildman–Crippen LogP) is 7.13. The van der Waals surface area contributed by atoms with Crippen molar-refractivity contribution in [3.63, 3.8) is 0 Å². The molecule has 7 heteroatoms. The number of fused-ring (bicyclic) bond motifs is 1. The van der Waals surface area contributed by atoms with Crippen molar-refractivity contribution in [1.82, 2.24) is 4.57 Å². The van der Waals surface area contributed by atoms with E-state index in [-0.39, 0.29) is 11.6 Å². The Hall–Kier alpha value is -3.22. The number of nitrogens with zero attached hydrogens (tertiary/aromatic N) is 3. The van der Waals surface area contributed by atoms with Crippen LogP contribution >= 0.6 is 27.5 Å². The highest BCUT2D eigenvalue weighted by atomic mass is 79.9. The first-order valence-corrected chi connectivity index (χ1v) is 10.6. The van der Waals surface area contributed by atoms with E-state index >= 15 is 0 Å². The normalized spacial score (nSPS) is 11.7. The zero-order chi connectivity index (χ0) is 21.8. The molecular formula is C24H17BrClN3O2. The van der Waals surface area contributed by atoms with Crippen LogP contribution in [0.15, 0.2) is 93.6 Å². The summed E-state index contributed by atoms with van der Waals surface area (Å²) in [5, 5.41) is 20.1. The second-order valence-corrected chi connectivity index (χ2v) is 8.18. The van der Waals surface area contributed by atoms with Crippen molar-refractivity contribution >= 4 is 56.1 Å². The van der Waals surface area contributed by atoms with Crippen LogP contribution in [0.25, 0.3) is 17.0 Å². The fraction of sp³-hybridized carbons (Fsp3) is 0.0417. The molecule has 0 saturated heterocycles. The van der Waals surface area contributed by atoms with Gasteiger partial charge in [0.1, 0.15) is 0 Å². The van der Waals surface area contributed by atoms with Crippen LogP contribution in [-0.4, -0.2) is 15.6 Å². The first-order chi connectivity index (χ1) is 15.0. The zero-order valence-electron chi connectivity index (χ0n) is 16.2. The van der Waals surface area contributed by atoms with E-state index in [1.54, 1.807) is 22.8 Å². The molecule has 1 heterocycles. The van der Waals surface area contributed by atoms with Gasteiger partial charge in [0.15, 0.2) is 5.69 Å². The second-order valence-electron chi connectivity index (χ2n) is 6.83. The number of benzene rings is 3. The maximum Gasteiger partial charge on any atom is 0.288 e. The number of carbonyl (C=O) groups is 1. The van der Waals surface area contributed by atoms with E-state index in [0.717, 1.165) is 21.1 Å². The Bertz CT molecular complexity index is 1300. The van der Waals surface area contributed by atoms with Crippen LogP contribution < -0.4 is 0 Å². The van der Waals surface area contributed by atoms with Crippen molar-refractivity contribution in [3.8, 4) is 5.88 Å². The molecule has 5 nitrogen and oxygen atoms in total. The summed E-state index contributed by atoms with van der Waals surface area (Å²) in [6.07, 6.45) is 3.01. The lowest BCUT2D eigenvalue weighted by Gasteiger charge is -2.07. The van der Waals surface area contributed by atoms with Crippen molar-refractivity contribution in [1.29, 1.82) is 0 Å². The first kappa shape index (κ1) is 21.0. The van der Waals surface area contributed by atoms with Gasteiger partial charge in [-0.15, -0.1) is 10.2 Å². The molecule has 0 fully saturated rings. The van der Waals surface area contributed by atoms with Crippen LogP contribution in [0.3, 0.4) is 0 Å². The molecule has 0 saturated carbocycles. The monoisotopic (exact) mass is 493 g/mol. The topological polar surface area (TPSA) is 66.9 Å². The quantitative estimate of drug-likeness (QED) is 0.237. The average Bonchev–Trinajstić information content (AvgIpc) is 3.03. The van der Waals surface area contributed by atoms with Gasteiger partial charge in [-0.1, -0.05) is 70.0 Å². The van der Waals surface area contributed by atoms with Gasteiger partial charge in [-0.05, 0) is 47.5 Å². The fourth-order valence-electron chi connectivity index (χ4n) is 3.19. The summed E-state index contributed by atoms with van der Waals surface area (Å²) in [6, 6.07) is 22.4. The van der Waals surface area contributed by atoms with Gasteiger partial charge in [0.25, 0.3) is 5.91 Å². The number of halogens is 2. The van der Waals surface area contributed by atoms with Gasteiger partial charge < -0.3 is 9.67 Å². The Balaban J connectivity index is 1.67. The Kier molecular flexibility index (Phi) is 6.30. The molecule has 154 valence electrons. The SMILES string of the molecule is O=C(/C=C/c1ccccc1)N=Nc1c(O)n(Cc2ccc(Cl)cc2)c2ccc(Br)cc12. The molecule has 0 bridgehead atoms. The number of aromatic nitrogens is 1. The van der Waals surface area contributed by atoms with Crippen LogP contribution in [0.4, 0.5) is 5.69 Å². The van der Waals surface area contributed by atoms with E-state index in [9.17, 15) is 9.90 Å². The van der Waals surface area contributed by atoms with Crippen molar-refractivity contribution in [2.24, 2.45) is 10.2 Å². The van der Waals surface area contributed by atoms with Crippen LogP contribution in [-0.2, 0) is 11.3 Å². The number of hydrogen-bond donors (Lipinski definition) is 1. The smallest absolute Gasteiger partial charge is 0.288 e. The molecule has 3 aromatic carbocycles. The van der Waals surface area contributed by atoms with Gasteiger partial charge in [0.05, 0.1) is 12.1 Å². The minimum atomic E-state index is -0.517. The lowest BCUT2D eigenvalue weighted by molar-refractivity contribution is -0.113. The Morgan fingerprint density at radius 3 is 2.55 bits per heavy atom. The summed E-state index contributed by atoms with van der Waals surface area (Å²) in [4.78, 5) is 12.2. The third-order valence-corrected chi connectivity index (χ3v) is 5.44. The molecule has 4 rings (SSSR count). The highest BCUT2D eigenvalue weighted by molar-refractivity contribution is 9.10. The molecule has 31 heavy (non-hydrogen) atoms. The highest BCUT2D eigenvalue weighted by Crippen LogP contribution is 2.40. The molecule has 0 aliphatic carbocycles. The van der Waals surface area contributed by atoms with Crippen molar-refractivity contribution in [3.05, 3.63) is 99.5 Å². The van der Waals surface area contributed by atoms with Crippen LogP contribution in [0, 0.1) is 0 Å². The van der Waals surface area contributed by atoms with E-state index in [0.29, 0.717) is 17.0 Å². The molecule has 4 aromatic rings. The molecule has 0 aliphatic heterocycles. The third-order valence-electron chi connectivity index (χ3n) is 4.69. The summed E-state index contributed by atoms with van der Waals surface area (Å²) in [7, 11) is 0. The van der Waals surface area contributed by atoms with E-state index < -0.39 is 5.91 Å². The highest BCUT2D eigenvalue weighted by Gasteiger charge is 2.17. The van der Waals surface area contributed by atoms with Gasteiger partial charge in [-0.25, -0.2) is 0 Å². The Morgan fingerprint density at radius 2 is 1.81 bits per heavy atom. The van der Waals surface area contributed by atoms with Gasteiger partial charge >= 0.3 is 0 Å². The lowest BCUT2D eigenvalue weighted by atomic mass is 10.2. The number of azo groups is 1. The number of amides is 1. The van der Waals surface area contributed by atoms with Gasteiger partial charge in [-0.3, -0.25) is 4.79 Å². The molecule has 0 spiro atoms. The summed E-state index contributed by atoms with van der Waals surface area (Å²) >= 11 is 9.42. The molecule has 0 atom stereocenters. The minimum Gasteiger partial charge on any atom is -0.493 e. The third kappa shape index (κ3) is 4.93. The van der Waals surface area contributed by atoms with Crippen LogP contribution in [0.1, 0.15) is 11.1 Å². The zero-order valence-corrected chi connectivity index (χ0v) is 18.6. The largest absolute Gasteiger partial charge is 0.493 e. The number of rotatable bonds is 5. The summed E-state index contributed by atoms with van der Waals surface area (Å²) in [5.41, 5.74) is 2.87. The van der Waals surface area contributed by atoms with E-state index in [2.05, 4.69) is 26.2 Å². The van der Waals surface area contributed by atoms with Gasteiger partial charge in [0.2, 0.25) is 5.88 Å². The predicted molar refractivity (Wildman–Crippen MR) is 127 cm³/mol. The maximum absolute atomic E-state index is 12.2. The first-order valence-electron chi connectivity index (χ1n) is 9.45. The number of hydrogen-bond acceptors (Lipinski definition) is 3. The second kappa shape index (κ2) is 9.29. The van der Waals surface area contributed by atoms with Gasteiger partial charge in [0, 0.05) is 21.0 Å². The van der Waals surface area contributed by atoms with Crippen LogP contribution in [0.5, 0.6) is 5.88 Å². The molecule has 0 radical (unpaired) electrons. The fourth-order valence-corrected chi connectivity index (χ4v) is 3.68. The number of aromatic hydroxyl groups is 1. The summed E-state index contributed by atoms with van der Waals surface area (Å²) in [5.74, 6) is -0.580. The molecule has 1 amide bonds. The summed E-state index contributed by atoms with van der Waals surface area (Å²) in [6.45, 7) is 0.415. The van der Waals surface area contributed by atoms with Crippen molar-refractivity contribution in [2.75, 3.05) is 0 Å². The molecule has 1 N–H and O–H groups in total. The standard InChI is InChI=1S/C24H17BrClN3O2/c25-18-9-12-21-20(14-18)23(24(31)29(21)15-17-6-10-19(26)11-7-17)28-27-22(30)13-8-16-4-2-1-3-5-16/h1-14,31H,15H2/b13-8+,28-27?. The Morgan fingerprint density at radius 1 is 1.06 bits per heavy atom. The van der Waals surface area contributed by atoms with Crippen molar-refractivity contribution in [2.45, 2.75) is 6.54 Å². The lowest BCUT2D eigenvalue weighted by Crippen LogP contribution is -1.98.